The molecule has 5 heterocycles. The topological polar surface area (TPSA) is 19.7 Å². The summed E-state index contributed by atoms with van der Waals surface area (Å²) in [4.78, 5) is 0. The lowest BCUT2D eigenvalue weighted by Crippen LogP contribution is -1.94. The van der Waals surface area contributed by atoms with Crippen molar-refractivity contribution in [3.63, 3.8) is 0 Å². The van der Waals surface area contributed by atoms with E-state index in [9.17, 15) is 0 Å². The molecule has 0 fully saturated rings. The normalized spacial score (nSPS) is 12.1. The number of fused-ring (bicyclic) bond motifs is 21. The van der Waals surface area contributed by atoms with Crippen molar-refractivity contribution in [3.8, 4) is 78.4 Å². The van der Waals surface area contributed by atoms with E-state index in [1.165, 1.54) is 207 Å². The summed E-state index contributed by atoms with van der Waals surface area (Å²) in [5.74, 6) is 0. The van der Waals surface area contributed by atoms with E-state index in [0.717, 1.165) is 17.8 Å². The maximum atomic E-state index is 2.47. The van der Waals surface area contributed by atoms with Gasteiger partial charge >= 0.3 is 0 Å². The average molecular weight is 1420 g/mol. The molecule has 4 nitrogen and oxygen atoms in total. The van der Waals surface area contributed by atoms with Crippen LogP contribution in [0.2, 0.25) is 0 Å². The number of para-hydroxylation sites is 2. The second-order valence-corrected chi connectivity index (χ2v) is 30.6. The highest BCUT2D eigenvalue weighted by atomic mass is 32.1. The summed E-state index contributed by atoms with van der Waals surface area (Å²) in [7, 11) is 0. The smallest absolute Gasteiger partial charge is 0.0548 e. The van der Waals surface area contributed by atoms with Crippen molar-refractivity contribution >= 4 is 140 Å². The number of nitrogens with zero attached hydrogens (tertiary/aromatic N) is 4. The molecule has 1 aliphatic carbocycles. The third-order valence-electron chi connectivity index (χ3n) is 23.4. The van der Waals surface area contributed by atoms with Crippen LogP contribution in [0.1, 0.15) is 11.1 Å². The Morgan fingerprint density at radius 2 is 0.582 bits per heavy atom. The first-order chi connectivity index (χ1) is 54.5. The van der Waals surface area contributed by atoms with Gasteiger partial charge in [0.25, 0.3) is 0 Å². The number of aromatic nitrogens is 4. The summed E-state index contributed by atoms with van der Waals surface area (Å²) < 4.78 is 12.4. The molecule has 23 aromatic rings. The first-order valence-corrected chi connectivity index (χ1v) is 38.8. The molecule has 0 radical (unpaired) electrons. The molecule has 0 bridgehead atoms. The SMILES string of the molecule is c1ccc(-c2cccc(-n3c4ccccc4c4cc(-c5ccc6c(c5)c5c7c(ccc5n6-c5ccc6ccccc6c5)sc5ccccc57)ccc43)c2)cc1.c1ccc(-c2cccc(-n3c4ccccc4c4cc(-c5ccc6c(c5)c5cc7c(cc5n6-c5ccc6ccccc6c5)-c5ccccc5C7)ccc43)c2)cc1. The fourth-order valence-corrected chi connectivity index (χ4v) is 19.4. The molecule has 1 aliphatic rings. The number of benzene rings is 18. The summed E-state index contributed by atoms with van der Waals surface area (Å²) >= 11 is 1.88. The maximum Gasteiger partial charge on any atom is 0.0548 e. The van der Waals surface area contributed by atoms with E-state index in [1.54, 1.807) is 0 Å². The predicted molar refractivity (Wildman–Crippen MR) is 468 cm³/mol. The van der Waals surface area contributed by atoms with Crippen molar-refractivity contribution < 1.29 is 0 Å². The standard InChI is InChI=1S/C53H34N2.C52H32N2S/c1-2-11-34(12-3-1)37-16-10-17-42(28-37)54-50-20-9-8-19-45(50)47-30-38(22-25-51(47)54)39-23-26-52-48(31-39)49-32-41-27-40-15-6-7-18-44(40)46(41)33-53(49)55(52)43-24-21-35-13-4-5-14-36(35)29-43;1-2-11-33(12-3-1)36-15-10-16-39(29-36)53-45-19-8-6-17-41(45)43-31-37(22-25-46(43)53)38-23-26-47-44(32-38)51-48(27-28-50-52(51)42-18-7-9-20-49(42)55-50)54(47)40-24-21-34-13-4-5-14-35(34)30-40/h1-26,28-33H,27H2;1-32H. The second-order valence-electron chi connectivity index (χ2n) is 29.5. The van der Waals surface area contributed by atoms with E-state index < -0.39 is 0 Å². The van der Waals surface area contributed by atoms with Crippen LogP contribution in [0.5, 0.6) is 0 Å². The van der Waals surface area contributed by atoms with Gasteiger partial charge < -0.3 is 18.3 Å². The van der Waals surface area contributed by atoms with Gasteiger partial charge in [-0.15, -0.1) is 11.3 Å². The summed E-state index contributed by atoms with van der Waals surface area (Å²) in [6.07, 6.45) is 0.971. The fraction of sp³-hybridized carbons (Fsp3) is 0.00952. The lowest BCUT2D eigenvalue weighted by molar-refractivity contribution is 1.18. The molecular weight excluding hydrogens is 1350 g/mol. The molecule has 24 rings (SSSR count). The Hall–Kier alpha value is -14.1. The van der Waals surface area contributed by atoms with Gasteiger partial charge in [0.2, 0.25) is 0 Å². The number of hydrogen-bond acceptors (Lipinski definition) is 1. The minimum atomic E-state index is 0.971. The lowest BCUT2D eigenvalue weighted by Gasteiger charge is -2.11. The maximum absolute atomic E-state index is 2.47. The van der Waals surface area contributed by atoms with Crippen LogP contribution in [0.3, 0.4) is 0 Å². The molecular formula is C105H66N4S. The van der Waals surface area contributed by atoms with Gasteiger partial charge in [0.05, 0.1) is 44.1 Å². The van der Waals surface area contributed by atoms with Crippen molar-refractivity contribution in [1.82, 2.24) is 18.3 Å². The number of hydrogen-bond donors (Lipinski definition) is 0. The van der Waals surface area contributed by atoms with E-state index in [1.807, 2.05) is 11.3 Å². The zero-order valence-corrected chi connectivity index (χ0v) is 60.7. The molecule has 0 atom stereocenters. The van der Waals surface area contributed by atoms with Gasteiger partial charge in [-0.05, 0) is 234 Å². The van der Waals surface area contributed by atoms with Crippen LogP contribution in [0.15, 0.2) is 388 Å². The van der Waals surface area contributed by atoms with Crippen LogP contribution in [0.4, 0.5) is 0 Å². The van der Waals surface area contributed by atoms with Gasteiger partial charge in [0.1, 0.15) is 0 Å². The quantitative estimate of drug-likeness (QED) is 0.144. The van der Waals surface area contributed by atoms with Crippen molar-refractivity contribution in [1.29, 1.82) is 0 Å². The number of rotatable bonds is 8. The van der Waals surface area contributed by atoms with Crippen molar-refractivity contribution in [2.75, 3.05) is 0 Å². The first kappa shape index (κ1) is 62.1. The zero-order chi connectivity index (χ0) is 72.1. The third-order valence-corrected chi connectivity index (χ3v) is 24.5. The van der Waals surface area contributed by atoms with Crippen LogP contribution in [0, 0.1) is 0 Å². The molecule has 5 heteroatoms. The van der Waals surface area contributed by atoms with Crippen molar-refractivity contribution in [2.24, 2.45) is 0 Å². The van der Waals surface area contributed by atoms with E-state index >= 15 is 0 Å². The van der Waals surface area contributed by atoms with Gasteiger partial charge in [0, 0.05) is 86.0 Å². The van der Waals surface area contributed by atoms with Crippen LogP contribution in [-0.2, 0) is 6.42 Å². The van der Waals surface area contributed by atoms with E-state index in [4.69, 9.17) is 0 Å². The van der Waals surface area contributed by atoms with Crippen molar-refractivity contribution in [2.45, 2.75) is 6.42 Å². The molecule has 0 saturated carbocycles. The van der Waals surface area contributed by atoms with E-state index in [-0.39, 0.29) is 0 Å². The molecule has 110 heavy (non-hydrogen) atoms. The number of thiophene rings is 1. The second kappa shape index (κ2) is 24.7. The minimum absolute atomic E-state index is 0.971. The molecule has 0 spiro atoms. The highest BCUT2D eigenvalue weighted by Crippen LogP contribution is 2.48. The Kier molecular flexibility index (Phi) is 14.0. The Bertz CT molecular complexity index is 7750. The van der Waals surface area contributed by atoms with Gasteiger partial charge in [-0.2, -0.15) is 0 Å². The lowest BCUT2D eigenvalue weighted by atomic mass is 9.99. The van der Waals surface area contributed by atoms with Crippen molar-refractivity contribution in [3.05, 3.63) is 399 Å². The first-order valence-electron chi connectivity index (χ1n) is 38.0. The largest absolute Gasteiger partial charge is 0.309 e. The Balaban J connectivity index is 0.000000132. The minimum Gasteiger partial charge on any atom is -0.309 e. The highest BCUT2D eigenvalue weighted by molar-refractivity contribution is 7.26. The highest BCUT2D eigenvalue weighted by Gasteiger charge is 2.25. The third kappa shape index (κ3) is 9.85. The molecule has 0 amide bonds. The molecule has 0 aliphatic heterocycles. The van der Waals surface area contributed by atoms with E-state index in [2.05, 4.69) is 407 Å². The summed E-state index contributed by atoms with van der Waals surface area (Å²) in [6.45, 7) is 0. The van der Waals surface area contributed by atoms with Gasteiger partial charge in [-0.1, -0.05) is 249 Å². The molecule has 18 aromatic carbocycles. The summed E-state index contributed by atoms with van der Waals surface area (Å²) in [5, 5.41) is 17.8. The summed E-state index contributed by atoms with van der Waals surface area (Å²) in [6, 6.07) is 143. The molecule has 0 unspecified atom stereocenters. The monoisotopic (exact) mass is 1410 g/mol. The van der Waals surface area contributed by atoms with Crippen LogP contribution in [0.25, 0.3) is 207 Å². The average Bonchev–Trinajstić information content (AvgIpc) is 1.51. The predicted octanol–water partition coefficient (Wildman–Crippen LogP) is 28.7. The fourth-order valence-electron chi connectivity index (χ4n) is 18.3. The molecule has 0 N–H and O–H groups in total. The van der Waals surface area contributed by atoms with Crippen LogP contribution in [-0.4, -0.2) is 18.3 Å². The Morgan fingerprint density at radius 1 is 0.182 bits per heavy atom. The van der Waals surface area contributed by atoms with Gasteiger partial charge in [-0.3, -0.25) is 0 Å². The molecule has 0 saturated heterocycles. The summed E-state index contributed by atoms with van der Waals surface area (Å²) in [5.41, 5.74) is 29.7. The Labute approximate surface area is 638 Å². The van der Waals surface area contributed by atoms with E-state index in [0.29, 0.717) is 0 Å². The van der Waals surface area contributed by atoms with Gasteiger partial charge in [-0.25, -0.2) is 0 Å². The Morgan fingerprint density at radius 3 is 1.15 bits per heavy atom. The van der Waals surface area contributed by atoms with Gasteiger partial charge in [0.15, 0.2) is 0 Å². The van der Waals surface area contributed by atoms with Crippen LogP contribution >= 0.6 is 11.3 Å². The molecule has 512 valence electrons. The zero-order valence-electron chi connectivity index (χ0n) is 59.9. The molecule has 5 aromatic heterocycles. The van der Waals surface area contributed by atoms with Crippen LogP contribution < -0.4 is 0 Å².